The van der Waals surface area contributed by atoms with Crippen molar-refractivity contribution in [1.29, 1.82) is 0 Å². The molecule has 108 valence electrons. The molecule has 0 unspecified atom stereocenters. The summed E-state index contributed by atoms with van der Waals surface area (Å²) in [7, 11) is 0. The van der Waals surface area contributed by atoms with E-state index in [4.69, 9.17) is 11.6 Å². The van der Waals surface area contributed by atoms with Gasteiger partial charge < -0.3 is 0 Å². The molecule has 0 bridgehead atoms. The fraction of sp³-hybridized carbons (Fsp3) is 0.154. The van der Waals surface area contributed by atoms with E-state index in [2.05, 4.69) is 4.98 Å². The second-order valence-corrected chi connectivity index (χ2v) is 4.85. The summed E-state index contributed by atoms with van der Waals surface area (Å²) in [5.41, 5.74) is 0.515. The number of amides is 1. The van der Waals surface area contributed by atoms with Crippen LogP contribution >= 0.6 is 11.6 Å². The Morgan fingerprint density at radius 1 is 1.29 bits per heavy atom. The van der Waals surface area contributed by atoms with Crippen LogP contribution in [0.15, 0.2) is 30.6 Å². The summed E-state index contributed by atoms with van der Waals surface area (Å²) < 4.78 is 26.2. The molecule has 3 rings (SSSR count). The summed E-state index contributed by atoms with van der Waals surface area (Å²) in [6.45, 7) is -2.98. The van der Waals surface area contributed by atoms with Crippen LogP contribution < -0.4 is 4.90 Å². The Morgan fingerprint density at radius 2 is 2.05 bits per heavy atom. The minimum Gasteiger partial charge on any atom is -0.297 e. The number of ketones is 1. The zero-order valence-electron chi connectivity index (χ0n) is 10.5. The highest BCUT2D eigenvalue weighted by Gasteiger charge is 2.36. The number of hydrogen-bond donors (Lipinski definition) is 0. The molecule has 2 heterocycles. The van der Waals surface area contributed by atoms with Crippen LogP contribution in [0.4, 0.5) is 14.5 Å². The van der Waals surface area contributed by atoms with Gasteiger partial charge in [0.15, 0.2) is 0 Å². The summed E-state index contributed by atoms with van der Waals surface area (Å²) in [5, 5.41) is 0.325. The second kappa shape index (κ2) is 4.92. The third-order valence-electron chi connectivity index (χ3n) is 3.19. The van der Waals surface area contributed by atoms with Gasteiger partial charge in [-0.25, -0.2) is 4.98 Å². The molecule has 0 atom stereocenters. The molecule has 1 aromatic heterocycles. The van der Waals surface area contributed by atoms with Gasteiger partial charge in [0.1, 0.15) is 5.82 Å². The average Bonchev–Trinajstić information content (AvgIpc) is 2.99. The van der Waals surface area contributed by atoms with E-state index < -0.39 is 18.2 Å². The lowest BCUT2D eigenvalue weighted by atomic mass is 10.1. The van der Waals surface area contributed by atoms with Gasteiger partial charge in [0, 0.05) is 17.4 Å². The number of hydrogen-bond acceptors (Lipinski definition) is 3. The molecule has 8 heteroatoms. The van der Waals surface area contributed by atoms with Gasteiger partial charge in [-0.3, -0.25) is 19.1 Å². The molecule has 0 saturated carbocycles. The topological polar surface area (TPSA) is 55.2 Å². The van der Waals surface area contributed by atoms with Crippen LogP contribution in [0.2, 0.25) is 5.02 Å². The Morgan fingerprint density at radius 3 is 2.76 bits per heavy atom. The highest BCUT2D eigenvalue weighted by molar-refractivity contribution is 6.52. The summed E-state index contributed by atoms with van der Waals surface area (Å²) in [6.07, 6.45) is 2.33. The predicted molar refractivity (Wildman–Crippen MR) is 70.5 cm³/mol. The summed E-state index contributed by atoms with van der Waals surface area (Å²) in [6, 6.07) is 4.42. The van der Waals surface area contributed by atoms with Gasteiger partial charge in [-0.15, -0.1) is 0 Å². The maximum Gasteiger partial charge on any atom is 0.319 e. The van der Waals surface area contributed by atoms with E-state index in [-0.39, 0.29) is 17.9 Å². The molecule has 1 aromatic carbocycles. The maximum absolute atomic E-state index is 12.8. The standard InChI is InChI=1S/C13H8ClF2N3O2/c14-7-1-2-9-8(5-7)11(20)12(21)19(9)6-10-17-3-4-18(10)13(15)16/h1-5,13H,6H2. The van der Waals surface area contributed by atoms with Gasteiger partial charge in [0.2, 0.25) is 0 Å². The molecule has 0 saturated heterocycles. The van der Waals surface area contributed by atoms with Crippen molar-refractivity contribution < 1.29 is 18.4 Å². The summed E-state index contributed by atoms with van der Waals surface area (Å²) >= 11 is 5.80. The van der Waals surface area contributed by atoms with Crippen LogP contribution in [0.5, 0.6) is 0 Å². The number of alkyl halides is 2. The fourth-order valence-electron chi connectivity index (χ4n) is 2.22. The van der Waals surface area contributed by atoms with Crippen LogP contribution in [0, 0.1) is 0 Å². The third-order valence-corrected chi connectivity index (χ3v) is 3.43. The lowest BCUT2D eigenvalue weighted by molar-refractivity contribution is -0.114. The Hall–Kier alpha value is -2.28. The van der Waals surface area contributed by atoms with Gasteiger partial charge in [0.05, 0.1) is 17.8 Å². The summed E-state index contributed by atoms with van der Waals surface area (Å²) in [4.78, 5) is 28.8. The van der Waals surface area contributed by atoms with Gasteiger partial charge >= 0.3 is 6.55 Å². The van der Waals surface area contributed by atoms with Crippen LogP contribution in [0.1, 0.15) is 22.7 Å². The number of aromatic nitrogens is 2. The SMILES string of the molecule is O=C1C(=O)N(Cc2nccn2C(F)F)c2ccc(Cl)cc21. The van der Waals surface area contributed by atoms with Crippen LogP contribution in [0.25, 0.3) is 0 Å². The van der Waals surface area contributed by atoms with E-state index in [9.17, 15) is 18.4 Å². The molecule has 21 heavy (non-hydrogen) atoms. The molecule has 5 nitrogen and oxygen atoms in total. The van der Waals surface area contributed by atoms with Crippen molar-refractivity contribution in [3.8, 4) is 0 Å². The Labute approximate surface area is 122 Å². The fourth-order valence-corrected chi connectivity index (χ4v) is 2.39. The number of imidazole rings is 1. The van der Waals surface area contributed by atoms with Gasteiger partial charge in [-0.2, -0.15) is 8.78 Å². The van der Waals surface area contributed by atoms with Gasteiger partial charge in [0.25, 0.3) is 11.7 Å². The monoisotopic (exact) mass is 311 g/mol. The van der Waals surface area contributed by atoms with Crippen molar-refractivity contribution in [3.05, 3.63) is 47.0 Å². The Balaban J connectivity index is 1.99. The number of Topliss-reactive ketones (excluding diaryl/α,β-unsaturated/α-hetero) is 1. The number of halogens is 3. The number of rotatable bonds is 3. The number of fused-ring (bicyclic) bond motifs is 1. The number of carbonyl (C=O) groups is 2. The smallest absolute Gasteiger partial charge is 0.297 e. The molecule has 0 N–H and O–H groups in total. The Bertz CT molecular complexity index is 745. The lowest BCUT2D eigenvalue weighted by Crippen LogP contribution is -2.30. The molecular formula is C13H8ClF2N3O2. The predicted octanol–water partition coefficient (Wildman–Crippen LogP) is 2.66. The quantitative estimate of drug-likeness (QED) is 0.819. The van der Waals surface area contributed by atoms with Crippen molar-refractivity contribution in [1.82, 2.24) is 9.55 Å². The van der Waals surface area contributed by atoms with E-state index in [1.807, 2.05) is 0 Å². The van der Waals surface area contributed by atoms with E-state index >= 15 is 0 Å². The molecule has 2 aromatic rings. The highest BCUT2D eigenvalue weighted by Crippen LogP contribution is 2.32. The molecule has 0 radical (unpaired) electrons. The van der Waals surface area contributed by atoms with E-state index in [1.165, 1.54) is 24.4 Å². The molecule has 0 spiro atoms. The number of anilines is 1. The maximum atomic E-state index is 12.8. The van der Waals surface area contributed by atoms with Crippen molar-refractivity contribution in [2.75, 3.05) is 4.90 Å². The van der Waals surface area contributed by atoms with Crippen molar-refractivity contribution >= 4 is 29.0 Å². The zero-order valence-corrected chi connectivity index (χ0v) is 11.2. The molecular weight excluding hydrogens is 304 g/mol. The zero-order chi connectivity index (χ0) is 15.1. The van der Waals surface area contributed by atoms with E-state index in [0.717, 1.165) is 11.1 Å². The normalized spacial score (nSPS) is 14.2. The van der Waals surface area contributed by atoms with E-state index in [0.29, 0.717) is 15.3 Å². The first-order valence-corrected chi connectivity index (χ1v) is 6.32. The number of benzene rings is 1. The first-order chi connectivity index (χ1) is 9.99. The first-order valence-electron chi connectivity index (χ1n) is 5.94. The minimum atomic E-state index is -2.76. The third kappa shape index (κ3) is 2.19. The van der Waals surface area contributed by atoms with E-state index in [1.54, 1.807) is 0 Å². The van der Waals surface area contributed by atoms with Gasteiger partial charge in [-0.1, -0.05) is 11.6 Å². The second-order valence-electron chi connectivity index (χ2n) is 4.41. The highest BCUT2D eigenvalue weighted by atomic mass is 35.5. The molecule has 0 aliphatic carbocycles. The largest absolute Gasteiger partial charge is 0.319 e. The number of nitrogens with zero attached hydrogens (tertiary/aromatic N) is 3. The minimum absolute atomic E-state index is 0.00560. The average molecular weight is 312 g/mol. The summed E-state index contributed by atoms with van der Waals surface area (Å²) in [5.74, 6) is -1.49. The molecule has 1 aliphatic heterocycles. The van der Waals surface area contributed by atoms with Crippen LogP contribution in [-0.2, 0) is 11.3 Å². The molecule has 0 fully saturated rings. The van der Waals surface area contributed by atoms with Crippen LogP contribution in [-0.4, -0.2) is 21.2 Å². The van der Waals surface area contributed by atoms with Gasteiger partial charge in [-0.05, 0) is 18.2 Å². The van der Waals surface area contributed by atoms with Crippen LogP contribution in [0.3, 0.4) is 0 Å². The molecule has 1 amide bonds. The molecule has 1 aliphatic rings. The van der Waals surface area contributed by atoms with Crippen molar-refractivity contribution in [3.63, 3.8) is 0 Å². The lowest BCUT2D eigenvalue weighted by Gasteiger charge is -2.16. The first kappa shape index (κ1) is 13.7. The van der Waals surface area contributed by atoms with Crippen molar-refractivity contribution in [2.45, 2.75) is 13.1 Å². The Kier molecular flexibility index (Phi) is 3.21. The number of carbonyl (C=O) groups excluding carboxylic acids is 2. The van der Waals surface area contributed by atoms with Crippen molar-refractivity contribution in [2.24, 2.45) is 0 Å².